The molecule has 0 radical (unpaired) electrons. The van der Waals surface area contributed by atoms with Crippen LogP contribution in [0.25, 0.3) is 0 Å². The minimum absolute atomic E-state index is 0.245. The average molecular weight is 239 g/mol. The number of nitrogens with one attached hydrogen (secondary N) is 1. The first-order chi connectivity index (χ1) is 8.04. The lowest BCUT2D eigenvalue weighted by Gasteiger charge is -2.39. The van der Waals surface area contributed by atoms with Crippen LogP contribution >= 0.6 is 0 Å². The van der Waals surface area contributed by atoms with Gasteiger partial charge in [-0.2, -0.15) is 0 Å². The van der Waals surface area contributed by atoms with Crippen molar-refractivity contribution in [1.29, 1.82) is 0 Å². The highest BCUT2D eigenvalue weighted by atomic mass is 16.2. The highest BCUT2D eigenvalue weighted by Gasteiger charge is 2.36. The number of likely N-dealkylation sites (N-methyl/N-ethyl adjacent to an activating group) is 1. The second-order valence-electron chi connectivity index (χ2n) is 5.71. The van der Waals surface area contributed by atoms with Gasteiger partial charge in [0.1, 0.15) is 0 Å². The van der Waals surface area contributed by atoms with E-state index < -0.39 is 5.54 Å². The molecule has 1 saturated carbocycles. The van der Waals surface area contributed by atoms with Crippen LogP contribution in [-0.2, 0) is 4.79 Å². The summed E-state index contributed by atoms with van der Waals surface area (Å²) in [5.74, 6) is 0.245. The number of nitrogens with zero attached hydrogens (tertiary/aromatic N) is 2. The number of amides is 1. The van der Waals surface area contributed by atoms with Crippen molar-refractivity contribution in [1.82, 2.24) is 15.1 Å². The Morgan fingerprint density at radius 1 is 1.24 bits per heavy atom. The Kier molecular flexibility index (Phi) is 3.73. The van der Waals surface area contributed by atoms with E-state index in [0.717, 1.165) is 38.8 Å². The Morgan fingerprint density at radius 3 is 2.29 bits per heavy atom. The van der Waals surface area contributed by atoms with Crippen molar-refractivity contribution in [2.24, 2.45) is 0 Å². The normalized spacial score (nSPS) is 22.9. The molecule has 0 atom stereocenters. The van der Waals surface area contributed by atoms with Crippen LogP contribution < -0.4 is 5.32 Å². The largest absolute Gasteiger partial charge is 0.339 e. The zero-order valence-corrected chi connectivity index (χ0v) is 11.3. The highest BCUT2D eigenvalue weighted by Crippen LogP contribution is 2.27. The molecule has 1 N–H and O–H groups in total. The monoisotopic (exact) mass is 239 g/mol. The van der Waals surface area contributed by atoms with Crippen LogP contribution in [0.5, 0.6) is 0 Å². The van der Waals surface area contributed by atoms with E-state index in [0.29, 0.717) is 0 Å². The lowest BCUT2D eigenvalue weighted by molar-refractivity contribution is -0.139. The SMILES string of the molecule is CCNC(C)(C)C(=O)N1CCN(C2CC2)CC1. The number of rotatable bonds is 4. The van der Waals surface area contributed by atoms with Gasteiger partial charge in [0.15, 0.2) is 0 Å². The third kappa shape index (κ3) is 2.99. The maximum atomic E-state index is 12.3. The molecule has 17 heavy (non-hydrogen) atoms. The van der Waals surface area contributed by atoms with Crippen LogP contribution in [0.15, 0.2) is 0 Å². The fraction of sp³-hybridized carbons (Fsp3) is 0.923. The van der Waals surface area contributed by atoms with Gasteiger partial charge in [0.2, 0.25) is 5.91 Å². The van der Waals surface area contributed by atoms with Gasteiger partial charge in [0.25, 0.3) is 0 Å². The summed E-state index contributed by atoms with van der Waals surface area (Å²) in [4.78, 5) is 16.9. The van der Waals surface area contributed by atoms with Crippen molar-refractivity contribution in [3.05, 3.63) is 0 Å². The van der Waals surface area contributed by atoms with E-state index in [4.69, 9.17) is 0 Å². The molecule has 1 saturated heterocycles. The Labute approximate surface area is 104 Å². The molecule has 0 aromatic heterocycles. The van der Waals surface area contributed by atoms with Crippen molar-refractivity contribution >= 4 is 5.91 Å². The van der Waals surface area contributed by atoms with E-state index in [2.05, 4.69) is 10.2 Å². The van der Waals surface area contributed by atoms with Crippen molar-refractivity contribution in [3.8, 4) is 0 Å². The topological polar surface area (TPSA) is 35.6 Å². The van der Waals surface area contributed by atoms with Gasteiger partial charge >= 0.3 is 0 Å². The Hall–Kier alpha value is -0.610. The molecule has 0 spiro atoms. The molecule has 2 fully saturated rings. The first-order valence-electron chi connectivity index (χ1n) is 6.83. The van der Waals surface area contributed by atoms with E-state index in [1.807, 2.05) is 25.7 Å². The molecule has 2 rings (SSSR count). The zero-order chi connectivity index (χ0) is 12.5. The summed E-state index contributed by atoms with van der Waals surface area (Å²) in [5, 5.41) is 3.26. The molecule has 1 heterocycles. The molecule has 98 valence electrons. The standard InChI is InChI=1S/C13H25N3O/c1-4-14-13(2,3)12(17)16-9-7-15(8-10-16)11-5-6-11/h11,14H,4-10H2,1-3H3. The lowest BCUT2D eigenvalue weighted by Crippen LogP contribution is -2.58. The summed E-state index contributed by atoms with van der Waals surface area (Å²) in [6.45, 7) is 10.7. The summed E-state index contributed by atoms with van der Waals surface area (Å²) in [6.07, 6.45) is 2.72. The van der Waals surface area contributed by atoms with Crippen LogP contribution in [0.1, 0.15) is 33.6 Å². The minimum Gasteiger partial charge on any atom is -0.339 e. The van der Waals surface area contributed by atoms with E-state index in [9.17, 15) is 4.79 Å². The van der Waals surface area contributed by atoms with E-state index >= 15 is 0 Å². The van der Waals surface area contributed by atoms with Gasteiger partial charge in [-0.15, -0.1) is 0 Å². The van der Waals surface area contributed by atoms with Gasteiger partial charge in [-0.05, 0) is 33.2 Å². The van der Waals surface area contributed by atoms with Gasteiger partial charge < -0.3 is 10.2 Å². The third-order valence-electron chi connectivity index (χ3n) is 3.82. The minimum atomic E-state index is -0.420. The predicted molar refractivity (Wildman–Crippen MR) is 68.9 cm³/mol. The average Bonchev–Trinajstić information content (AvgIpc) is 3.12. The van der Waals surface area contributed by atoms with Crippen LogP contribution in [0, 0.1) is 0 Å². The van der Waals surface area contributed by atoms with Crippen molar-refractivity contribution in [2.75, 3.05) is 32.7 Å². The fourth-order valence-corrected chi connectivity index (χ4v) is 2.64. The maximum absolute atomic E-state index is 12.3. The fourth-order valence-electron chi connectivity index (χ4n) is 2.64. The predicted octanol–water partition coefficient (Wildman–Crippen LogP) is 0.681. The number of carbonyl (C=O) groups is 1. The first-order valence-corrected chi connectivity index (χ1v) is 6.83. The summed E-state index contributed by atoms with van der Waals surface area (Å²) in [7, 11) is 0. The quantitative estimate of drug-likeness (QED) is 0.784. The van der Waals surface area contributed by atoms with E-state index in [1.54, 1.807) is 0 Å². The Morgan fingerprint density at radius 2 is 1.82 bits per heavy atom. The van der Waals surface area contributed by atoms with Gasteiger partial charge in [0, 0.05) is 32.2 Å². The van der Waals surface area contributed by atoms with Gasteiger partial charge in [-0.3, -0.25) is 9.69 Å². The Balaban J connectivity index is 1.84. The zero-order valence-electron chi connectivity index (χ0n) is 11.3. The number of carbonyl (C=O) groups excluding carboxylic acids is 1. The molecule has 1 aliphatic carbocycles. The van der Waals surface area contributed by atoms with Gasteiger partial charge in [-0.25, -0.2) is 0 Å². The molecule has 0 bridgehead atoms. The molecular formula is C13H25N3O. The summed E-state index contributed by atoms with van der Waals surface area (Å²) in [5.41, 5.74) is -0.420. The highest BCUT2D eigenvalue weighted by molar-refractivity contribution is 5.85. The van der Waals surface area contributed by atoms with Crippen LogP contribution in [0.2, 0.25) is 0 Å². The second-order valence-corrected chi connectivity index (χ2v) is 5.71. The molecule has 1 amide bonds. The molecular weight excluding hydrogens is 214 g/mol. The second kappa shape index (κ2) is 4.94. The Bertz CT molecular complexity index is 278. The van der Waals surface area contributed by atoms with Crippen molar-refractivity contribution in [2.45, 2.75) is 45.2 Å². The number of hydrogen-bond acceptors (Lipinski definition) is 3. The summed E-state index contributed by atoms with van der Waals surface area (Å²) >= 11 is 0. The summed E-state index contributed by atoms with van der Waals surface area (Å²) < 4.78 is 0. The van der Waals surface area contributed by atoms with Crippen LogP contribution in [-0.4, -0.2) is 60.0 Å². The van der Waals surface area contributed by atoms with Gasteiger partial charge in [-0.1, -0.05) is 6.92 Å². The van der Waals surface area contributed by atoms with E-state index in [-0.39, 0.29) is 5.91 Å². The van der Waals surface area contributed by atoms with Crippen LogP contribution in [0.3, 0.4) is 0 Å². The molecule has 4 nitrogen and oxygen atoms in total. The lowest BCUT2D eigenvalue weighted by atomic mass is 10.0. The first kappa shape index (κ1) is 12.8. The molecule has 0 aromatic rings. The van der Waals surface area contributed by atoms with E-state index in [1.165, 1.54) is 12.8 Å². The summed E-state index contributed by atoms with van der Waals surface area (Å²) in [6, 6.07) is 0.828. The van der Waals surface area contributed by atoms with Gasteiger partial charge in [0.05, 0.1) is 5.54 Å². The third-order valence-corrected chi connectivity index (χ3v) is 3.82. The smallest absolute Gasteiger partial charge is 0.242 e. The molecule has 2 aliphatic rings. The molecule has 0 unspecified atom stereocenters. The van der Waals surface area contributed by atoms with Crippen molar-refractivity contribution < 1.29 is 4.79 Å². The molecule has 4 heteroatoms. The molecule has 1 aliphatic heterocycles. The van der Waals surface area contributed by atoms with Crippen LogP contribution in [0.4, 0.5) is 0 Å². The van der Waals surface area contributed by atoms with Crippen molar-refractivity contribution in [3.63, 3.8) is 0 Å². The number of piperazine rings is 1. The maximum Gasteiger partial charge on any atom is 0.242 e. The number of hydrogen-bond donors (Lipinski definition) is 1. The molecule has 0 aromatic carbocycles.